The predicted octanol–water partition coefficient (Wildman–Crippen LogP) is 7.74. The lowest BCUT2D eigenvalue weighted by molar-refractivity contribution is -0.137. The van der Waals surface area contributed by atoms with Gasteiger partial charge in [0.2, 0.25) is 5.91 Å². The lowest BCUT2D eigenvalue weighted by Gasteiger charge is -2.51. The average Bonchev–Trinajstić information content (AvgIpc) is 2.76. The fourth-order valence-corrected chi connectivity index (χ4v) is 5.97. The number of alkyl halides is 3. The maximum Gasteiger partial charge on any atom is 0.417 e. The van der Waals surface area contributed by atoms with Crippen molar-refractivity contribution in [3.63, 3.8) is 0 Å². The number of nitrogens with zero attached hydrogens (tertiary/aromatic N) is 1. The fraction of sp³-hybridized carbons (Fsp3) is 0.385. The number of aromatic nitrogens is 1. The summed E-state index contributed by atoms with van der Waals surface area (Å²) in [4.78, 5) is 17.0. The maximum absolute atomic E-state index is 13.8. The molecule has 1 heterocycles. The summed E-state index contributed by atoms with van der Waals surface area (Å²) in [6, 6.07) is 9.93. The third-order valence-electron chi connectivity index (χ3n) is 7.50. The molecule has 0 atom stereocenters. The van der Waals surface area contributed by atoms with Crippen molar-refractivity contribution >= 4 is 34.1 Å². The van der Waals surface area contributed by atoms with Crippen molar-refractivity contribution in [3.05, 3.63) is 70.6 Å². The van der Waals surface area contributed by atoms with Crippen molar-refractivity contribution in [2.45, 2.75) is 50.6 Å². The molecule has 3 nitrogen and oxygen atoms in total. The van der Waals surface area contributed by atoms with E-state index in [1.807, 2.05) is 6.07 Å². The Balaban J connectivity index is 1.19. The number of fused-ring (bicyclic) bond motifs is 1. The minimum atomic E-state index is -4.53. The summed E-state index contributed by atoms with van der Waals surface area (Å²) < 4.78 is 52.4. The first-order chi connectivity index (χ1) is 16.1. The van der Waals surface area contributed by atoms with E-state index in [2.05, 4.69) is 10.3 Å². The number of pyridine rings is 1. The summed E-state index contributed by atoms with van der Waals surface area (Å²) in [6.07, 6.45) is 2.71. The van der Waals surface area contributed by atoms with Gasteiger partial charge in [0.15, 0.2) is 0 Å². The van der Waals surface area contributed by atoms with E-state index in [-0.39, 0.29) is 28.7 Å². The SMILES string of the molecule is O=C(Nc1ccc(C(F)(F)F)c(Cl)c1)C1CC2(CCC(c3ccnc4ccc(F)cc34)CC2)C1. The molecule has 2 saturated carbocycles. The third-order valence-corrected chi connectivity index (χ3v) is 7.81. The topological polar surface area (TPSA) is 42.0 Å². The zero-order valence-corrected chi connectivity index (χ0v) is 19.0. The highest BCUT2D eigenvalue weighted by atomic mass is 35.5. The van der Waals surface area contributed by atoms with Crippen LogP contribution >= 0.6 is 11.6 Å². The normalized spacial score (nSPS) is 24.7. The molecule has 2 aromatic carbocycles. The quantitative estimate of drug-likeness (QED) is 0.381. The zero-order chi connectivity index (χ0) is 24.1. The van der Waals surface area contributed by atoms with E-state index in [1.54, 1.807) is 18.3 Å². The summed E-state index contributed by atoms with van der Waals surface area (Å²) in [7, 11) is 0. The van der Waals surface area contributed by atoms with Crippen molar-refractivity contribution in [3.8, 4) is 0 Å². The van der Waals surface area contributed by atoms with Crippen LogP contribution in [-0.2, 0) is 11.0 Å². The number of halogens is 5. The van der Waals surface area contributed by atoms with Gasteiger partial charge in [0.1, 0.15) is 5.82 Å². The first-order valence-corrected chi connectivity index (χ1v) is 11.7. The Hall–Kier alpha value is -2.67. The second kappa shape index (κ2) is 8.52. The van der Waals surface area contributed by atoms with E-state index in [1.165, 1.54) is 12.1 Å². The van der Waals surface area contributed by atoms with Gasteiger partial charge in [0.05, 0.1) is 16.1 Å². The van der Waals surface area contributed by atoms with Gasteiger partial charge >= 0.3 is 6.18 Å². The predicted molar refractivity (Wildman–Crippen MR) is 123 cm³/mol. The lowest BCUT2D eigenvalue weighted by Crippen LogP contribution is -2.45. The molecule has 2 fully saturated rings. The van der Waals surface area contributed by atoms with Crippen molar-refractivity contribution in [2.75, 3.05) is 5.32 Å². The van der Waals surface area contributed by atoms with Gasteiger partial charge in [0, 0.05) is 23.2 Å². The van der Waals surface area contributed by atoms with Gasteiger partial charge in [-0.15, -0.1) is 0 Å². The number of nitrogens with one attached hydrogen (secondary N) is 1. The number of carbonyl (C=O) groups is 1. The van der Waals surface area contributed by atoms with E-state index in [0.717, 1.165) is 67.1 Å². The molecular formula is C26H23ClF4N2O. The van der Waals surface area contributed by atoms with Crippen molar-refractivity contribution in [2.24, 2.45) is 11.3 Å². The molecule has 0 radical (unpaired) electrons. The standard InChI is InChI=1S/C26H23ClF4N2O/c27-22-12-18(2-3-21(22)26(29,30)31)33-24(34)16-13-25(14-16)8-5-15(6-9-25)19-7-10-32-23-4-1-17(28)11-20(19)23/h1-4,7,10-12,15-16H,5-6,8-9,13-14H2,(H,33,34). The van der Waals surface area contributed by atoms with E-state index in [4.69, 9.17) is 11.6 Å². The van der Waals surface area contributed by atoms with Gasteiger partial charge < -0.3 is 5.32 Å². The first kappa shape index (κ1) is 23.1. The minimum absolute atomic E-state index is 0.129. The summed E-state index contributed by atoms with van der Waals surface area (Å²) in [5.74, 6) is -0.274. The van der Waals surface area contributed by atoms with Crippen LogP contribution in [0.1, 0.15) is 55.6 Å². The fourth-order valence-electron chi connectivity index (χ4n) is 5.68. The Bertz CT molecular complexity index is 1240. The number of amides is 1. The molecule has 0 saturated heterocycles. The Morgan fingerprint density at radius 1 is 1.06 bits per heavy atom. The monoisotopic (exact) mass is 490 g/mol. The summed E-state index contributed by atoms with van der Waals surface area (Å²) in [5, 5.41) is 3.14. The highest BCUT2D eigenvalue weighted by Gasteiger charge is 2.48. The van der Waals surface area contributed by atoms with Crippen LogP contribution in [0.25, 0.3) is 10.9 Å². The Labute approximate surface area is 199 Å². The van der Waals surface area contributed by atoms with Crippen LogP contribution in [0.3, 0.4) is 0 Å². The second-order valence-corrected chi connectivity index (χ2v) is 10.0. The van der Waals surface area contributed by atoms with Crippen LogP contribution in [0, 0.1) is 17.2 Å². The molecule has 1 N–H and O–H groups in total. The van der Waals surface area contributed by atoms with Crippen molar-refractivity contribution in [1.82, 2.24) is 4.98 Å². The van der Waals surface area contributed by atoms with Gasteiger partial charge in [-0.2, -0.15) is 13.2 Å². The molecule has 8 heteroatoms. The van der Waals surface area contributed by atoms with Gasteiger partial charge in [-0.3, -0.25) is 9.78 Å². The summed E-state index contributed by atoms with van der Waals surface area (Å²) in [5.41, 5.74) is 1.40. The highest BCUT2D eigenvalue weighted by Crippen LogP contribution is 2.57. The molecular weight excluding hydrogens is 468 g/mol. The molecule has 0 bridgehead atoms. The Kier molecular flexibility index (Phi) is 5.79. The number of benzene rings is 2. The Morgan fingerprint density at radius 3 is 2.47 bits per heavy atom. The summed E-state index contributed by atoms with van der Waals surface area (Å²) in [6.45, 7) is 0. The van der Waals surface area contributed by atoms with Crippen molar-refractivity contribution < 1.29 is 22.4 Å². The molecule has 1 amide bonds. The molecule has 1 aromatic heterocycles. The molecule has 3 aromatic rings. The zero-order valence-electron chi connectivity index (χ0n) is 18.3. The van der Waals surface area contributed by atoms with Gasteiger partial charge in [0.25, 0.3) is 0 Å². The molecule has 0 aliphatic heterocycles. The smallest absolute Gasteiger partial charge is 0.326 e. The lowest BCUT2D eigenvalue weighted by atomic mass is 9.54. The number of rotatable bonds is 3. The molecule has 34 heavy (non-hydrogen) atoms. The second-order valence-electron chi connectivity index (χ2n) is 9.62. The number of hydrogen-bond acceptors (Lipinski definition) is 2. The van der Waals surface area contributed by atoms with E-state index >= 15 is 0 Å². The van der Waals surface area contributed by atoms with Gasteiger partial charge in [-0.1, -0.05) is 11.6 Å². The van der Waals surface area contributed by atoms with Crippen LogP contribution in [0.4, 0.5) is 23.2 Å². The van der Waals surface area contributed by atoms with E-state index in [9.17, 15) is 22.4 Å². The van der Waals surface area contributed by atoms with Crippen molar-refractivity contribution in [1.29, 1.82) is 0 Å². The minimum Gasteiger partial charge on any atom is -0.326 e. The number of carbonyl (C=O) groups excluding carboxylic acids is 1. The largest absolute Gasteiger partial charge is 0.417 e. The molecule has 0 unspecified atom stereocenters. The third kappa shape index (κ3) is 4.38. The van der Waals surface area contributed by atoms with E-state index in [0.29, 0.717) is 5.92 Å². The van der Waals surface area contributed by atoms with Crippen LogP contribution in [0.5, 0.6) is 0 Å². The van der Waals surface area contributed by atoms with Gasteiger partial charge in [-0.05, 0) is 97.9 Å². The van der Waals surface area contributed by atoms with Crippen LogP contribution in [0.2, 0.25) is 5.02 Å². The van der Waals surface area contributed by atoms with Crippen LogP contribution < -0.4 is 5.32 Å². The summed E-state index contributed by atoms with van der Waals surface area (Å²) >= 11 is 5.75. The number of anilines is 1. The molecule has 2 aliphatic carbocycles. The van der Waals surface area contributed by atoms with Gasteiger partial charge in [-0.25, -0.2) is 4.39 Å². The number of hydrogen-bond donors (Lipinski definition) is 1. The molecule has 2 aliphatic rings. The average molecular weight is 491 g/mol. The molecule has 1 spiro atoms. The molecule has 178 valence electrons. The van der Waals surface area contributed by atoms with Crippen LogP contribution in [0.15, 0.2) is 48.7 Å². The maximum atomic E-state index is 13.8. The highest BCUT2D eigenvalue weighted by molar-refractivity contribution is 6.31. The Morgan fingerprint density at radius 2 is 1.79 bits per heavy atom. The van der Waals surface area contributed by atoms with Crippen LogP contribution in [-0.4, -0.2) is 10.9 Å². The van der Waals surface area contributed by atoms with E-state index < -0.39 is 16.8 Å². The molecule has 5 rings (SSSR count). The first-order valence-electron chi connectivity index (χ1n) is 11.4.